The van der Waals surface area contributed by atoms with Crippen LogP contribution in [0.2, 0.25) is 0 Å². The van der Waals surface area contributed by atoms with Gasteiger partial charge in [-0.1, -0.05) is 0 Å². The molecule has 1 aliphatic heterocycles. The zero-order valence-corrected chi connectivity index (χ0v) is 11.2. The summed E-state index contributed by atoms with van der Waals surface area (Å²) in [5.74, 6) is 6.28. The number of hydrogen-bond donors (Lipinski definition) is 3. The summed E-state index contributed by atoms with van der Waals surface area (Å²) < 4.78 is 0. The molecule has 0 aromatic carbocycles. The predicted molar refractivity (Wildman–Crippen MR) is 74.6 cm³/mol. The van der Waals surface area contributed by atoms with E-state index in [2.05, 4.69) is 27.7 Å². The zero-order valence-electron chi connectivity index (χ0n) is 11.2. The third-order valence-electron chi connectivity index (χ3n) is 3.56. The minimum atomic E-state index is -0.0741. The highest BCUT2D eigenvalue weighted by Crippen LogP contribution is 2.15. The van der Waals surface area contributed by atoms with Gasteiger partial charge in [0.2, 0.25) is 0 Å². The van der Waals surface area contributed by atoms with Crippen LogP contribution in [-0.4, -0.2) is 42.5 Å². The van der Waals surface area contributed by atoms with Gasteiger partial charge >= 0.3 is 0 Å². The van der Waals surface area contributed by atoms with Crippen LogP contribution in [0.15, 0.2) is 18.3 Å². The van der Waals surface area contributed by atoms with Gasteiger partial charge in [0.25, 0.3) is 5.91 Å². The molecule has 6 heteroatoms. The van der Waals surface area contributed by atoms with Crippen molar-refractivity contribution in [3.05, 3.63) is 23.9 Å². The van der Waals surface area contributed by atoms with E-state index >= 15 is 0 Å². The fraction of sp³-hybridized carbons (Fsp3) is 0.538. The van der Waals surface area contributed by atoms with Crippen molar-refractivity contribution >= 4 is 11.7 Å². The van der Waals surface area contributed by atoms with Gasteiger partial charge in [0, 0.05) is 12.7 Å². The molecule has 0 unspecified atom stereocenters. The van der Waals surface area contributed by atoms with Crippen LogP contribution in [0.4, 0.5) is 5.82 Å². The lowest BCUT2D eigenvalue weighted by atomic mass is 9.97. The molecule has 1 amide bonds. The van der Waals surface area contributed by atoms with Crippen molar-refractivity contribution in [3.8, 4) is 0 Å². The van der Waals surface area contributed by atoms with E-state index in [0.717, 1.165) is 32.5 Å². The van der Waals surface area contributed by atoms with Crippen LogP contribution in [0.25, 0.3) is 0 Å². The maximum absolute atomic E-state index is 11.9. The fourth-order valence-corrected chi connectivity index (χ4v) is 2.22. The Bertz CT molecular complexity index is 412. The van der Waals surface area contributed by atoms with Gasteiger partial charge in [-0.2, -0.15) is 0 Å². The van der Waals surface area contributed by atoms with Gasteiger partial charge < -0.3 is 15.6 Å². The van der Waals surface area contributed by atoms with Crippen LogP contribution in [0.5, 0.6) is 0 Å². The van der Waals surface area contributed by atoms with Crippen molar-refractivity contribution < 1.29 is 4.79 Å². The Morgan fingerprint density at radius 3 is 2.79 bits per heavy atom. The minimum Gasteiger partial charge on any atom is -0.352 e. The molecule has 0 radical (unpaired) electrons. The van der Waals surface area contributed by atoms with Gasteiger partial charge in [-0.25, -0.2) is 10.8 Å². The van der Waals surface area contributed by atoms with Gasteiger partial charge in [0.1, 0.15) is 5.82 Å². The standard InChI is InChI=1S/C13H21N5O/c1-18-6-4-10(5-7-18)8-16-13(19)11-2-3-12(17-14)15-9-11/h2-3,9-10H,4-8,14H2,1H3,(H,15,17)(H,16,19). The van der Waals surface area contributed by atoms with Crippen molar-refractivity contribution in [2.24, 2.45) is 11.8 Å². The maximum Gasteiger partial charge on any atom is 0.252 e. The number of pyridine rings is 1. The Morgan fingerprint density at radius 1 is 1.47 bits per heavy atom. The van der Waals surface area contributed by atoms with Crippen molar-refractivity contribution in [2.75, 3.05) is 32.1 Å². The lowest BCUT2D eigenvalue weighted by Crippen LogP contribution is -2.36. The number of likely N-dealkylation sites (tertiary alicyclic amines) is 1. The summed E-state index contributed by atoms with van der Waals surface area (Å²) in [6.45, 7) is 2.96. The second-order valence-corrected chi connectivity index (χ2v) is 5.03. The Balaban J connectivity index is 1.80. The zero-order chi connectivity index (χ0) is 13.7. The van der Waals surface area contributed by atoms with Crippen LogP contribution >= 0.6 is 0 Å². The summed E-state index contributed by atoms with van der Waals surface area (Å²) in [5, 5.41) is 2.97. The summed E-state index contributed by atoms with van der Waals surface area (Å²) in [6.07, 6.45) is 3.81. The molecular formula is C13H21N5O. The van der Waals surface area contributed by atoms with Crippen LogP contribution in [0.1, 0.15) is 23.2 Å². The fourth-order valence-electron chi connectivity index (χ4n) is 2.22. The SMILES string of the molecule is CN1CCC(CNC(=O)c2ccc(NN)nc2)CC1. The number of piperidine rings is 1. The van der Waals surface area contributed by atoms with Gasteiger partial charge in [-0.3, -0.25) is 4.79 Å². The van der Waals surface area contributed by atoms with E-state index in [4.69, 9.17) is 5.84 Å². The van der Waals surface area contributed by atoms with Crippen molar-refractivity contribution in [2.45, 2.75) is 12.8 Å². The van der Waals surface area contributed by atoms with Crippen molar-refractivity contribution in [3.63, 3.8) is 0 Å². The Labute approximate surface area is 113 Å². The molecule has 1 aromatic heterocycles. The predicted octanol–water partition coefficient (Wildman–Crippen LogP) is 0.439. The second kappa shape index (κ2) is 6.49. The van der Waals surface area contributed by atoms with Gasteiger partial charge in [0.15, 0.2) is 0 Å². The maximum atomic E-state index is 11.9. The molecule has 0 aliphatic carbocycles. The first-order chi connectivity index (χ1) is 9.19. The first kappa shape index (κ1) is 13.8. The quantitative estimate of drug-likeness (QED) is 0.542. The Hall–Kier alpha value is -1.66. The number of nitrogens with zero attached hydrogens (tertiary/aromatic N) is 2. The van der Waals surface area contributed by atoms with Gasteiger partial charge in [-0.05, 0) is 51.0 Å². The molecule has 0 spiro atoms. The average Bonchev–Trinajstić information content (AvgIpc) is 2.46. The molecule has 0 saturated carbocycles. The largest absolute Gasteiger partial charge is 0.352 e. The molecule has 1 fully saturated rings. The monoisotopic (exact) mass is 263 g/mol. The number of amides is 1. The summed E-state index contributed by atoms with van der Waals surface area (Å²) in [4.78, 5) is 18.3. The van der Waals surface area contributed by atoms with E-state index in [1.807, 2.05) is 0 Å². The highest BCUT2D eigenvalue weighted by molar-refractivity contribution is 5.94. The Morgan fingerprint density at radius 2 is 2.21 bits per heavy atom. The van der Waals surface area contributed by atoms with Gasteiger partial charge in [-0.15, -0.1) is 0 Å². The molecule has 19 heavy (non-hydrogen) atoms. The van der Waals surface area contributed by atoms with Crippen LogP contribution < -0.4 is 16.6 Å². The molecule has 0 atom stereocenters. The molecule has 1 aromatic rings. The molecule has 0 bridgehead atoms. The van der Waals surface area contributed by atoms with Crippen LogP contribution in [0.3, 0.4) is 0 Å². The molecule has 104 valence electrons. The van der Waals surface area contributed by atoms with E-state index in [1.54, 1.807) is 12.1 Å². The number of nitrogens with two attached hydrogens (primary N) is 1. The van der Waals surface area contributed by atoms with Crippen molar-refractivity contribution in [1.82, 2.24) is 15.2 Å². The lowest BCUT2D eigenvalue weighted by molar-refractivity contribution is 0.0938. The molecule has 1 aliphatic rings. The normalized spacial score (nSPS) is 17.2. The molecule has 1 saturated heterocycles. The van der Waals surface area contributed by atoms with E-state index in [0.29, 0.717) is 17.3 Å². The third-order valence-corrected chi connectivity index (χ3v) is 3.56. The number of hydrogen-bond acceptors (Lipinski definition) is 5. The van der Waals surface area contributed by atoms with E-state index in [1.165, 1.54) is 6.20 Å². The summed E-state index contributed by atoms with van der Waals surface area (Å²) in [6, 6.07) is 3.40. The van der Waals surface area contributed by atoms with Crippen LogP contribution in [0, 0.1) is 5.92 Å². The van der Waals surface area contributed by atoms with Gasteiger partial charge in [0.05, 0.1) is 5.56 Å². The molecular weight excluding hydrogens is 242 g/mol. The first-order valence-corrected chi connectivity index (χ1v) is 6.58. The van der Waals surface area contributed by atoms with E-state index in [-0.39, 0.29) is 5.91 Å². The molecule has 2 heterocycles. The Kier molecular flexibility index (Phi) is 4.70. The molecule has 4 N–H and O–H groups in total. The van der Waals surface area contributed by atoms with Crippen LogP contribution in [-0.2, 0) is 0 Å². The first-order valence-electron chi connectivity index (χ1n) is 6.58. The topological polar surface area (TPSA) is 83.3 Å². The summed E-state index contributed by atoms with van der Waals surface area (Å²) >= 11 is 0. The third kappa shape index (κ3) is 3.90. The number of rotatable bonds is 4. The highest BCUT2D eigenvalue weighted by atomic mass is 16.1. The smallest absolute Gasteiger partial charge is 0.252 e. The van der Waals surface area contributed by atoms with E-state index in [9.17, 15) is 4.79 Å². The highest BCUT2D eigenvalue weighted by Gasteiger charge is 2.17. The number of hydrazine groups is 1. The van der Waals surface area contributed by atoms with E-state index < -0.39 is 0 Å². The molecule has 2 rings (SSSR count). The molecule has 6 nitrogen and oxygen atoms in total. The average molecular weight is 263 g/mol. The summed E-state index contributed by atoms with van der Waals surface area (Å²) in [7, 11) is 2.13. The number of carbonyl (C=O) groups excluding carboxylic acids is 1. The lowest BCUT2D eigenvalue weighted by Gasteiger charge is -2.28. The number of carbonyl (C=O) groups is 1. The number of anilines is 1. The number of nitrogen functional groups attached to an aromatic ring is 1. The number of nitrogens with one attached hydrogen (secondary N) is 2. The number of aromatic nitrogens is 1. The minimum absolute atomic E-state index is 0.0741. The van der Waals surface area contributed by atoms with Crippen molar-refractivity contribution in [1.29, 1.82) is 0 Å². The summed E-state index contributed by atoms with van der Waals surface area (Å²) in [5.41, 5.74) is 3.00. The second-order valence-electron chi connectivity index (χ2n) is 5.03.